The number of nitrogens with zero attached hydrogens (tertiary/aromatic N) is 1. The van der Waals surface area contributed by atoms with Gasteiger partial charge >= 0.3 is 0 Å². The van der Waals surface area contributed by atoms with Gasteiger partial charge in [-0.25, -0.2) is 0 Å². The molecule has 1 N–H and O–H groups in total. The molecule has 33 heavy (non-hydrogen) atoms. The lowest BCUT2D eigenvalue weighted by molar-refractivity contribution is -0.112. The quantitative estimate of drug-likeness (QED) is 0.219. The molecular formula is C25H19Br2ClN2O3. The maximum absolute atomic E-state index is 12.7. The molecule has 168 valence electrons. The number of nitriles is 1. The molecule has 8 heteroatoms. The molecule has 0 fully saturated rings. The molecule has 0 aliphatic heterocycles. The predicted octanol–water partition coefficient (Wildman–Crippen LogP) is 7.39. The Morgan fingerprint density at radius 2 is 1.85 bits per heavy atom. The fourth-order valence-electron chi connectivity index (χ4n) is 2.91. The number of halogens is 3. The van der Waals surface area contributed by atoms with Crippen molar-refractivity contribution >= 4 is 61.1 Å². The van der Waals surface area contributed by atoms with Crippen LogP contribution in [0.2, 0.25) is 5.02 Å². The Morgan fingerprint density at radius 1 is 1.12 bits per heavy atom. The van der Waals surface area contributed by atoms with Crippen LogP contribution in [0.15, 0.2) is 75.2 Å². The van der Waals surface area contributed by atoms with Crippen molar-refractivity contribution in [3.63, 3.8) is 0 Å². The number of anilines is 1. The van der Waals surface area contributed by atoms with Gasteiger partial charge in [-0.3, -0.25) is 4.79 Å². The molecule has 0 spiro atoms. The van der Waals surface area contributed by atoms with Gasteiger partial charge in [-0.15, -0.1) is 0 Å². The maximum Gasteiger partial charge on any atom is 0.266 e. The maximum atomic E-state index is 12.7. The van der Waals surface area contributed by atoms with Crippen LogP contribution in [0.4, 0.5) is 5.69 Å². The summed E-state index contributed by atoms with van der Waals surface area (Å²) in [7, 11) is 0. The van der Waals surface area contributed by atoms with Crippen LogP contribution >= 0.6 is 43.5 Å². The van der Waals surface area contributed by atoms with Crippen molar-refractivity contribution in [3.8, 4) is 17.6 Å². The molecule has 3 aromatic carbocycles. The lowest BCUT2D eigenvalue weighted by Gasteiger charge is -2.13. The van der Waals surface area contributed by atoms with Gasteiger partial charge in [0, 0.05) is 26.3 Å². The zero-order valence-corrected chi connectivity index (χ0v) is 21.5. The first kappa shape index (κ1) is 24.8. The number of nitrogens with one attached hydrogen (secondary N) is 1. The van der Waals surface area contributed by atoms with E-state index in [0.29, 0.717) is 38.9 Å². The zero-order chi connectivity index (χ0) is 23.8. The molecule has 0 atom stereocenters. The van der Waals surface area contributed by atoms with Crippen molar-refractivity contribution in [2.24, 2.45) is 0 Å². The number of hydrogen-bond donors (Lipinski definition) is 1. The van der Waals surface area contributed by atoms with E-state index in [1.165, 1.54) is 6.08 Å². The minimum atomic E-state index is -0.533. The van der Waals surface area contributed by atoms with Crippen LogP contribution in [0, 0.1) is 11.3 Å². The first-order chi connectivity index (χ1) is 15.9. The van der Waals surface area contributed by atoms with Gasteiger partial charge in [-0.2, -0.15) is 5.26 Å². The van der Waals surface area contributed by atoms with E-state index in [0.717, 1.165) is 10.0 Å². The van der Waals surface area contributed by atoms with Gasteiger partial charge in [0.25, 0.3) is 5.91 Å². The minimum absolute atomic E-state index is 0.0727. The third-order valence-electron chi connectivity index (χ3n) is 4.46. The summed E-state index contributed by atoms with van der Waals surface area (Å²) < 4.78 is 12.8. The number of benzene rings is 3. The minimum Gasteiger partial charge on any atom is -0.494 e. The molecule has 0 saturated heterocycles. The summed E-state index contributed by atoms with van der Waals surface area (Å²) in [6.07, 6.45) is 1.49. The Morgan fingerprint density at radius 3 is 2.52 bits per heavy atom. The van der Waals surface area contributed by atoms with Gasteiger partial charge in [0.2, 0.25) is 0 Å². The Hall–Kier alpha value is -2.79. The largest absolute Gasteiger partial charge is 0.494 e. The SMILES string of the molecule is CCOc1ccc(NC(=O)/C(C#N)=C/c2cc(Br)cc(Br)c2OCc2ccccc2Cl)cc1. The standard InChI is InChI=1S/C25H19Br2ClN2O3/c1-2-32-21-9-7-20(8-10-21)30-25(31)18(14-29)11-17-12-19(26)13-22(27)24(17)33-15-16-5-3-4-6-23(16)28/h3-13H,2,15H2,1H3,(H,30,31)/b18-11+. The third-order valence-corrected chi connectivity index (χ3v) is 5.87. The molecule has 0 aliphatic carbocycles. The fraction of sp³-hybridized carbons (Fsp3) is 0.120. The number of ether oxygens (including phenoxy) is 2. The highest BCUT2D eigenvalue weighted by Crippen LogP contribution is 2.35. The van der Waals surface area contributed by atoms with Gasteiger partial charge in [0.15, 0.2) is 0 Å². The van der Waals surface area contributed by atoms with Crippen LogP contribution in [-0.2, 0) is 11.4 Å². The zero-order valence-electron chi connectivity index (χ0n) is 17.6. The molecule has 0 heterocycles. The van der Waals surface area contributed by atoms with Gasteiger partial charge < -0.3 is 14.8 Å². The summed E-state index contributed by atoms with van der Waals surface area (Å²) in [6, 6.07) is 19.9. The van der Waals surface area contributed by atoms with Crippen LogP contribution < -0.4 is 14.8 Å². The van der Waals surface area contributed by atoms with E-state index < -0.39 is 5.91 Å². The molecule has 0 saturated carbocycles. The van der Waals surface area contributed by atoms with E-state index in [4.69, 9.17) is 21.1 Å². The van der Waals surface area contributed by atoms with Gasteiger partial charge in [-0.1, -0.05) is 45.7 Å². The van der Waals surface area contributed by atoms with E-state index in [1.807, 2.05) is 37.3 Å². The first-order valence-electron chi connectivity index (χ1n) is 9.92. The molecule has 3 rings (SSSR count). The van der Waals surface area contributed by atoms with Crippen LogP contribution in [0.1, 0.15) is 18.1 Å². The lowest BCUT2D eigenvalue weighted by Crippen LogP contribution is -2.13. The van der Waals surface area contributed by atoms with E-state index in [9.17, 15) is 10.1 Å². The number of amides is 1. The van der Waals surface area contributed by atoms with E-state index in [-0.39, 0.29) is 12.2 Å². The predicted molar refractivity (Wildman–Crippen MR) is 137 cm³/mol. The molecule has 3 aromatic rings. The summed E-state index contributed by atoms with van der Waals surface area (Å²) in [5.41, 5.74) is 1.85. The summed E-state index contributed by atoms with van der Waals surface area (Å²) in [6.45, 7) is 2.67. The van der Waals surface area contributed by atoms with Crippen molar-refractivity contribution in [1.29, 1.82) is 5.26 Å². The Labute approximate surface area is 214 Å². The van der Waals surface area contributed by atoms with Gasteiger partial charge in [0.05, 0.1) is 11.1 Å². The second-order valence-electron chi connectivity index (χ2n) is 6.77. The molecule has 0 bridgehead atoms. The second kappa shape index (κ2) is 11.9. The lowest BCUT2D eigenvalue weighted by atomic mass is 10.1. The van der Waals surface area contributed by atoms with Gasteiger partial charge in [0.1, 0.15) is 29.7 Å². The van der Waals surface area contributed by atoms with Crippen molar-refractivity contribution in [1.82, 2.24) is 0 Å². The molecule has 0 unspecified atom stereocenters. The average Bonchev–Trinajstić information content (AvgIpc) is 2.79. The number of rotatable bonds is 8. The summed E-state index contributed by atoms with van der Waals surface area (Å²) in [4.78, 5) is 12.7. The second-order valence-corrected chi connectivity index (χ2v) is 8.94. The van der Waals surface area contributed by atoms with Gasteiger partial charge in [-0.05, 0) is 71.4 Å². The molecular weight excluding hydrogens is 572 g/mol. The van der Waals surface area contributed by atoms with Crippen LogP contribution in [0.25, 0.3) is 6.08 Å². The van der Waals surface area contributed by atoms with Crippen molar-refractivity contribution < 1.29 is 14.3 Å². The summed E-state index contributed by atoms with van der Waals surface area (Å²) in [5.74, 6) is 0.653. The van der Waals surface area contributed by atoms with Crippen molar-refractivity contribution in [2.45, 2.75) is 13.5 Å². The van der Waals surface area contributed by atoms with Crippen molar-refractivity contribution in [3.05, 3.63) is 91.3 Å². The molecule has 0 aromatic heterocycles. The molecule has 0 aliphatic rings. The Bertz CT molecular complexity index is 1220. The van der Waals surface area contributed by atoms with Crippen LogP contribution in [-0.4, -0.2) is 12.5 Å². The number of hydrogen-bond acceptors (Lipinski definition) is 4. The number of carbonyl (C=O) groups is 1. The summed E-state index contributed by atoms with van der Waals surface area (Å²) >= 11 is 13.2. The smallest absolute Gasteiger partial charge is 0.266 e. The Balaban J connectivity index is 1.85. The molecule has 0 radical (unpaired) electrons. The first-order valence-corrected chi connectivity index (χ1v) is 11.9. The van der Waals surface area contributed by atoms with Crippen LogP contribution in [0.3, 0.4) is 0 Å². The monoisotopic (exact) mass is 588 g/mol. The third kappa shape index (κ3) is 6.84. The molecule has 5 nitrogen and oxygen atoms in total. The summed E-state index contributed by atoms with van der Waals surface area (Å²) in [5, 5.41) is 13.0. The fourth-order valence-corrected chi connectivity index (χ4v) is 4.47. The highest BCUT2D eigenvalue weighted by Gasteiger charge is 2.15. The highest BCUT2D eigenvalue weighted by molar-refractivity contribution is 9.11. The average molecular weight is 591 g/mol. The molecule has 1 amide bonds. The number of carbonyl (C=O) groups excluding carboxylic acids is 1. The Kier molecular flexibility index (Phi) is 8.95. The highest BCUT2D eigenvalue weighted by atomic mass is 79.9. The van der Waals surface area contributed by atoms with Crippen molar-refractivity contribution in [2.75, 3.05) is 11.9 Å². The normalized spacial score (nSPS) is 10.9. The van der Waals surface area contributed by atoms with E-state index in [1.54, 1.807) is 36.4 Å². The topological polar surface area (TPSA) is 71.3 Å². The van der Waals surface area contributed by atoms with E-state index in [2.05, 4.69) is 37.2 Å². The van der Waals surface area contributed by atoms with E-state index >= 15 is 0 Å². The van der Waals surface area contributed by atoms with Crippen LogP contribution in [0.5, 0.6) is 11.5 Å².